The summed E-state index contributed by atoms with van der Waals surface area (Å²) in [7, 11) is 0. The second-order valence-corrected chi connectivity index (χ2v) is 7.07. The first kappa shape index (κ1) is 19.4. The minimum atomic E-state index is -0.235. The molecule has 0 aliphatic rings. The van der Waals surface area contributed by atoms with Crippen LogP contribution in [0, 0.1) is 6.92 Å². The lowest BCUT2D eigenvalue weighted by molar-refractivity contribution is 0.0957. The average Bonchev–Trinajstić information content (AvgIpc) is 2.79. The number of aryl methyl sites for hydroxylation is 1. The van der Waals surface area contributed by atoms with Gasteiger partial charge < -0.3 is 4.74 Å². The minimum absolute atomic E-state index is 0.235. The Kier molecular flexibility index (Phi) is 5.85. The third kappa shape index (κ3) is 4.73. The van der Waals surface area contributed by atoms with Gasteiger partial charge in [0.2, 0.25) is 0 Å². The smallest absolute Gasteiger partial charge is 0.271 e. The molecule has 4 nitrogen and oxygen atoms in total. The summed E-state index contributed by atoms with van der Waals surface area (Å²) in [5.74, 6) is 0.550. The number of rotatable bonds is 6. The Bertz CT molecular complexity index is 1170. The number of carbonyl (C=O) groups excluding carboxylic acids is 1. The van der Waals surface area contributed by atoms with Gasteiger partial charge in [0.05, 0.1) is 6.21 Å². The van der Waals surface area contributed by atoms with Gasteiger partial charge in [-0.15, -0.1) is 0 Å². The van der Waals surface area contributed by atoms with Crippen LogP contribution < -0.4 is 10.2 Å². The van der Waals surface area contributed by atoms with Crippen molar-refractivity contribution in [2.75, 3.05) is 0 Å². The topological polar surface area (TPSA) is 50.7 Å². The Morgan fingerprint density at radius 1 is 0.900 bits per heavy atom. The predicted octanol–water partition coefficient (Wildman–Crippen LogP) is 5.49. The van der Waals surface area contributed by atoms with Crippen LogP contribution in [0.25, 0.3) is 10.8 Å². The third-order valence-electron chi connectivity index (χ3n) is 4.82. The van der Waals surface area contributed by atoms with E-state index >= 15 is 0 Å². The fraction of sp³-hybridized carbons (Fsp3) is 0.0769. The summed E-state index contributed by atoms with van der Waals surface area (Å²) in [5.41, 5.74) is 6.44. The quantitative estimate of drug-likeness (QED) is 0.347. The van der Waals surface area contributed by atoms with Gasteiger partial charge in [0.25, 0.3) is 5.91 Å². The highest BCUT2D eigenvalue weighted by Gasteiger charge is 2.08. The van der Waals surface area contributed by atoms with Crippen LogP contribution in [0.15, 0.2) is 96.1 Å². The molecule has 0 heterocycles. The van der Waals surface area contributed by atoms with Gasteiger partial charge in [0, 0.05) is 5.56 Å². The van der Waals surface area contributed by atoms with E-state index in [1.54, 1.807) is 12.3 Å². The highest BCUT2D eigenvalue weighted by molar-refractivity contribution is 6.07. The number of amides is 1. The number of carbonyl (C=O) groups is 1. The van der Waals surface area contributed by atoms with Crippen molar-refractivity contribution in [1.29, 1.82) is 0 Å². The first-order chi connectivity index (χ1) is 14.7. The van der Waals surface area contributed by atoms with Gasteiger partial charge in [0.1, 0.15) is 12.4 Å². The van der Waals surface area contributed by atoms with Crippen LogP contribution in [0.1, 0.15) is 27.0 Å². The molecule has 0 fully saturated rings. The Balaban J connectivity index is 1.35. The summed E-state index contributed by atoms with van der Waals surface area (Å²) in [6, 6.07) is 29.3. The van der Waals surface area contributed by atoms with Crippen LogP contribution >= 0.6 is 0 Å². The normalized spacial score (nSPS) is 11.0. The van der Waals surface area contributed by atoms with Gasteiger partial charge in [-0.05, 0) is 59.2 Å². The molecule has 0 bridgehead atoms. The first-order valence-corrected chi connectivity index (χ1v) is 9.79. The summed E-state index contributed by atoms with van der Waals surface area (Å²) in [5, 5.41) is 6.02. The highest BCUT2D eigenvalue weighted by atomic mass is 16.5. The van der Waals surface area contributed by atoms with Crippen molar-refractivity contribution in [2.24, 2.45) is 5.10 Å². The second kappa shape index (κ2) is 9.05. The van der Waals surface area contributed by atoms with Crippen molar-refractivity contribution in [3.63, 3.8) is 0 Å². The van der Waals surface area contributed by atoms with E-state index in [0.717, 1.165) is 27.6 Å². The van der Waals surface area contributed by atoms with E-state index < -0.39 is 0 Å². The monoisotopic (exact) mass is 394 g/mol. The zero-order valence-corrected chi connectivity index (χ0v) is 16.7. The van der Waals surface area contributed by atoms with Crippen LogP contribution in [0.3, 0.4) is 0 Å². The molecule has 0 aliphatic carbocycles. The average molecular weight is 394 g/mol. The molecule has 1 amide bonds. The molecule has 4 aromatic carbocycles. The zero-order valence-electron chi connectivity index (χ0n) is 16.7. The Morgan fingerprint density at radius 2 is 1.63 bits per heavy atom. The van der Waals surface area contributed by atoms with Crippen molar-refractivity contribution < 1.29 is 9.53 Å². The summed E-state index contributed by atoms with van der Waals surface area (Å²) in [6.45, 7) is 2.59. The van der Waals surface area contributed by atoms with Crippen LogP contribution in [0.2, 0.25) is 0 Å². The molecule has 4 aromatic rings. The SMILES string of the molecule is Cc1ccc(COc2ccc(/C=N/NC(=O)c3cccc4ccccc34)cc2)cc1. The first-order valence-electron chi connectivity index (χ1n) is 9.79. The van der Waals surface area contributed by atoms with Gasteiger partial charge in [-0.3, -0.25) is 4.79 Å². The molecule has 0 aliphatic heterocycles. The maximum atomic E-state index is 12.5. The van der Waals surface area contributed by atoms with E-state index in [1.807, 2.05) is 60.7 Å². The lowest BCUT2D eigenvalue weighted by Gasteiger charge is -2.07. The van der Waals surface area contributed by atoms with E-state index in [0.29, 0.717) is 12.2 Å². The van der Waals surface area contributed by atoms with E-state index in [1.165, 1.54) is 5.56 Å². The molecule has 0 spiro atoms. The maximum absolute atomic E-state index is 12.5. The molecule has 0 saturated heterocycles. The van der Waals surface area contributed by atoms with Gasteiger partial charge in [-0.2, -0.15) is 5.10 Å². The number of nitrogens with one attached hydrogen (secondary N) is 1. The fourth-order valence-corrected chi connectivity index (χ4v) is 3.15. The second-order valence-electron chi connectivity index (χ2n) is 7.07. The Morgan fingerprint density at radius 3 is 2.43 bits per heavy atom. The molecule has 4 rings (SSSR count). The van der Waals surface area contributed by atoms with Crippen molar-refractivity contribution in [2.45, 2.75) is 13.5 Å². The molecule has 0 radical (unpaired) electrons. The number of fused-ring (bicyclic) bond motifs is 1. The molecule has 1 N–H and O–H groups in total. The standard InChI is InChI=1S/C26H22N2O2/c1-19-9-11-21(12-10-19)18-30-23-15-13-20(14-16-23)17-27-28-26(29)25-8-4-6-22-5-2-3-7-24(22)25/h2-17H,18H2,1H3,(H,28,29)/b27-17+. The fourth-order valence-electron chi connectivity index (χ4n) is 3.15. The molecule has 148 valence electrons. The lowest BCUT2D eigenvalue weighted by atomic mass is 10.0. The van der Waals surface area contributed by atoms with E-state index in [-0.39, 0.29) is 5.91 Å². The summed E-state index contributed by atoms with van der Waals surface area (Å²) >= 11 is 0. The van der Waals surface area contributed by atoms with Crippen LogP contribution in [0.5, 0.6) is 5.75 Å². The Labute approximate surface area is 175 Å². The number of nitrogens with zero attached hydrogens (tertiary/aromatic N) is 1. The molecule has 0 aromatic heterocycles. The molecule has 0 atom stereocenters. The molecule has 4 heteroatoms. The molecular weight excluding hydrogens is 372 g/mol. The van der Waals surface area contributed by atoms with Crippen molar-refractivity contribution in [3.05, 3.63) is 113 Å². The number of ether oxygens (including phenoxy) is 1. The van der Waals surface area contributed by atoms with Gasteiger partial charge in [-0.25, -0.2) is 5.43 Å². The van der Waals surface area contributed by atoms with Crippen LogP contribution in [-0.2, 0) is 6.61 Å². The maximum Gasteiger partial charge on any atom is 0.271 e. The molecule has 30 heavy (non-hydrogen) atoms. The number of benzene rings is 4. The van der Waals surface area contributed by atoms with Gasteiger partial charge in [0.15, 0.2) is 0 Å². The largest absolute Gasteiger partial charge is 0.489 e. The van der Waals surface area contributed by atoms with Crippen molar-refractivity contribution >= 4 is 22.9 Å². The summed E-state index contributed by atoms with van der Waals surface area (Å²) in [4.78, 5) is 12.5. The van der Waals surface area contributed by atoms with Gasteiger partial charge >= 0.3 is 0 Å². The summed E-state index contributed by atoms with van der Waals surface area (Å²) < 4.78 is 5.81. The lowest BCUT2D eigenvalue weighted by Crippen LogP contribution is -2.17. The Hall–Kier alpha value is -3.92. The van der Waals surface area contributed by atoms with Gasteiger partial charge in [-0.1, -0.05) is 66.2 Å². The van der Waals surface area contributed by atoms with Crippen molar-refractivity contribution in [3.8, 4) is 5.75 Å². The van der Waals surface area contributed by atoms with E-state index in [2.05, 4.69) is 41.7 Å². The van der Waals surface area contributed by atoms with E-state index in [9.17, 15) is 4.79 Å². The molecule has 0 saturated carbocycles. The van der Waals surface area contributed by atoms with Crippen LogP contribution in [-0.4, -0.2) is 12.1 Å². The van der Waals surface area contributed by atoms with Crippen LogP contribution in [0.4, 0.5) is 0 Å². The predicted molar refractivity (Wildman–Crippen MR) is 121 cm³/mol. The highest BCUT2D eigenvalue weighted by Crippen LogP contribution is 2.18. The number of hydrogen-bond donors (Lipinski definition) is 1. The number of hydrogen-bond acceptors (Lipinski definition) is 3. The molecule has 0 unspecified atom stereocenters. The minimum Gasteiger partial charge on any atom is -0.489 e. The van der Waals surface area contributed by atoms with E-state index in [4.69, 9.17) is 4.74 Å². The summed E-state index contributed by atoms with van der Waals surface area (Å²) in [6.07, 6.45) is 1.62. The third-order valence-corrected chi connectivity index (χ3v) is 4.82. The number of hydrazone groups is 1. The van der Waals surface area contributed by atoms with Crippen molar-refractivity contribution in [1.82, 2.24) is 5.43 Å². The molecular formula is C26H22N2O2. The zero-order chi connectivity index (χ0) is 20.8.